The molecule has 1 heterocycles. The summed E-state index contributed by atoms with van der Waals surface area (Å²) in [6.45, 7) is 0. The van der Waals surface area contributed by atoms with Gasteiger partial charge in [0.05, 0.1) is 25.7 Å². The molecule has 1 aliphatic rings. The lowest BCUT2D eigenvalue weighted by atomic mass is 9.82. The quantitative estimate of drug-likeness (QED) is 0.510. The van der Waals surface area contributed by atoms with Gasteiger partial charge in [0.25, 0.3) is 0 Å². The summed E-state index contributed by atoms with van der Waals surface area (Å²) < 4.78 is 15.0. The number of nitrogens with zero attached hydrogens (tertiary/aromatic N) is 1. The van der Waals surface area contributed by atoms with E-state index in [1.807, 2.05) is 6.07 Å². The fraction of sp³-hybridized carbons (Fsp3) is 0.167. The molecule has 2 aromatic carbocycles. The van der Waals surface area contributed by atoms with Gasteiger partial charge >= 0.3 is 18.0 Å². The highest BCUT2D eigenvalue weighted by Gasteiger charge is 2.38. The third-order valence-electron chi connectivity index (χ3n) is 5.00. The smallest absolute Gasteiger partial charge is 0.338 e. The SMILES string of the molecule is COC(=O)CC1=C(C(=O)OC)C(c2cccc(NC(=O)Nc3cccc(Cl)c3)c2)C(C#N)=C(N)O1. The van der Waals surface area contributed by atoms with E-state index in [2.05, 4.69) is 15.4 Å². The van der Waals surface area contributed by atoms with E-state index in [1.54, 1.807) is 48.5 Å². The maximum Gasteiger partial charge on any atom is 0.338 e. The number of nitrogens with two attached hydrogens (primary N) is 1. The van der Waals surface area contributed by atoms with Gasteiger partial charge in [-0.25, -0.2) is 9.59 Å². The van der Waals surface area contributed by atoms with Crippen molar-refractivity contribution in [2.24, 2.45) is 5.73 Å². The van der Waals surface area contributed by atoms with E-state index in [-0.39, 0.29) is 22.8 Å². The molecule has 2 amide bonds. The van der Waals surface area contributed by atoms with Gasteiger partial charge in [-0.15, -0.1) is 0 Å². The molecule has 0 fully saturated rings. The molecule has 0 spiro atoms. The van der Waals surface area contributed by atoms with Crippen molar-refractivity contribution in [2.75, 3.05) is 24.9 Å². The molecule has 0 saturated carbocycles. The molecule has 180 valence electrons. The van der Waals surface area contributed by atoms with Crippen LogP contribution in [0.4, 0.5) is 16.2 Å². The first-order valence-electron chi connectivity index (χ1n) is 10.2. The summed E-state index contributed by atoms with van der Waals surface area (Å²) in [6, 6.07) is 14.5. The van der Waals surface area contributed by atoms with E-state index in [4.69, 9.17) is 26.8 Å². The average Bonchev–Trinajstić information content (AvgIpc) is 2.83. The summed E-state index contributed by atoms with van der Waals surface area (Å²) >= 11 is 5.94. The van der Waals surface area contributed by atoms with Crippen LogP contribution < -0.4 is 16.4 Å². The van der Waals surface area contributed by atoms with Crippen LogP contribution in [0.3, 0.4) is 0 Å². The van der Waals surface area contributed by atoms with Crippen LogP contribution in [0.5, 0.6) is 0 Å². The zero-order valence-corrected chi connectivity index (χ0v) is 19.5. The zero-order valence-electron chi connectivity index (χ0n) is 18.8. The van der Waals surface area contributed by atoms with Crippen molar-refractivity contribution in [3.8, 4) is 6.07 Å². The first-order valence-corrected chi connectivity index (χ1v) is 10.5. The second kappa shape index (κ2) is 11.1. The Morgan fingerprint density at radius 1 is 1.09 bits per heavy atom. The molecule has 35 heavy (non-hydrogen) atoms. The number of methoxy groups -OCH3 is 2. The first kappa shape index (κ1) is 25.1. The molecule has 1 atom stereocenters. The number of allylic oxidation sites excluding steroid dienone is 1. The Bertz CT molecular complexity index is 1280. The Kier molecular flexibility index (Phi) is 7.96. The number of hydrogen-bond acceptors (Lipinski definition) is 8. The molecule has 1 aliphatic heterocycles. The van der Waals surface area contributed by atoms with Gasteiger partial charge in [-0.05, 0) is 35.9 Å². The minimum absolute atomic E-state index is 0.0560. The zero-order chi connectivity index (χ0) is 25.5. The average molecular weight is 497 g/mol. The number of urea groups is 1. The fourth-order valence-corrected chi connectivity index (χ4v) is 3.67. The van der Waals surface area contributed by atoms with Crippen LogP contribution in [0.1, 0.15) is 17.9 Å². The molecule has 10 nitrogen and oxygen atoms in total. The summed E-state index contributed by atoms with van der Waals surface area (Å²) in [5.74, 6) is -2.87. The number of amides is 2. The minimum atomic E-state index is -1.02. The van der Waals surface area contributed by atoms with Crippen LogP contribution in [0.15, 0.2) is 71.3 Å². The summed E-state index contributed by atoms with van der Waals surface area (Å²) in [7, 11) is 2.35. The number of nitrogens with one attached hydrogen (secondary N) is 2. The maximum atomic E-state index is 12.7. The minimum Gasteiger partial charge on any atom is -0.469 e. The van der Waals surface area contributed by atoms with Gasteiger partial charge in [0.2, 0.25) is 5.88 Å². The number of halogens is 1. The predicted octanol–water partition coefficient (Wildman–Crippen LogP) is 3.78. The molecule has 0 saturated heterocycles. The lowest BCUT2D eigenvalue weighted by Crippen LogP contribution is -2.27. The van der Waals surface area contributed by atoms with Crippen molar-refractivity contribution in [2.45, 2.75) is 12.3 Å². The number of nitriles is 1. The van der Waals surface area contributed by atoms with Crippen molar-refractivity contribution in [3.05, 3.63) is 81.9 Å². The number of carbonyl (C=O) groups excluding carboxylic acids is 3. The standard InChI is InChI=1S/C24H21ClN4O6/c1-33-19(30)11-18-21(23(31)34-2)20(17(12-26)22(27)35-18)13-5-3-7-15(9-13)28-24(32)29-16-8-4-6-14(25)10-16/h3-10,20H,11,27H2,1-2H3,(H2,28,29,32). The highest BCUT2D eigenvalue weighted by molar-refractivity contribution is 6.30. The molecular weight excluding hydrogens is 476 g/mol. The lowest BCUT2D eigenvalue weighted by Gasteiger charge is -2.27. The first-order chi connectivity index (χ1) is 16.8. The Balaban J connectivity index is 1.98. The number of hydrogen-bond donors (Lipinski definition) is 3. The fourth-order valence-electron chi connectivity index (χ4n) is 3.48. The van der Waals surface area contributed by atoms with Gasteiger partial charge in [0.1, 0.15) is 23.8 Å². The van der Waals surface area contributed by atoms with E-state index in [0.29, 0.717) is 22.0 Å². The molecule has 2 aromatic rings. The molecule has 1 unspecified atom stereocenters. The van der Waals surface area contributed by atoms with Crippen LogP contribution in [-0.4, -0.2) is 32.2 Å². The Labute approximate surface area is 205 Å². The molecular formula is C24H21ClN4O6. The van der Waals surface area contributed by atoms with Gasteiger partial charge in [-0.1, -0.05) is 29.8 Å². The number of esters is 2. The number of ether oxygens (including phenoxy) is 3. The predicted molar refractivity (Wildman–Crippen MR) is 127 cm³/mol. The molecule has 0 bridgehead atoms. The van der Waals surface area contributed by atoms with Gasteiger partial charge in [0, 0.05) is 16.4 Å². The highest BCUT2D eigenvalue weighted by Crippen LogP contribution is 2.41. The molecule has 0 radical (unpaired) electrons. The van der Waals surface area contributed by atoms with E-state index >= 15 is 0 Å². The van der Waals surface area contributed by atoms with E-state index < -0.39 is 30.3 Å². The number of benzene rings is 2. The summed E-state index contributed by atoms with van der Waals surface area (Å²) in [4.78, 5) is 37.1. The van der Waals surface area contributed by atoms with Crippen molar-refractivity contribution in [3.63, 3.8) is 0 Å². The van der Waals surface area contributed by atoms with Crippen molar-refractivity contribution < 1.29 is 28.6 Å². The Morgan fingerprint density at radius 3 is 2.34 bits per heavy atom. The maximum absolute atomic E-state index is 12.7. The van der Waals surface area contributed by atoms with Gasteiger partial charge in [0.15, 0.2) is 0 Å². The molecule has 3 rings (SSSR count). The monoisotopic (exact) mass is 496 g/mol. The van der Waals surface area contributed by atoms with Crippen LogP contribution in [0.2, 0.25) is 5.02 Å². The summed E-state index contributed by atoms with van der Waals surface area (Å²) in [5, 5.41) is 15.6. The topological polar surface area (TPSA) is 153 Å². The largest absolute Gasteiger partial charge is 0.469 e. The van der Waals surface area contributed by atoms with Crippen molar-refractivity contribution in [1.29, 1.82) is 5.26 Å². The second-order valence-corrected chi connectivity index (χ2v) is 7.66. The number of rotatable bonds is 6. The molecule has 0 aromatic heterocycles. The van der Waals surface area contributed by atoms with Crippen molar-refractivity contribution >= 4 is 40.9 Å². The molecule has 11 heteroatoms. The third-order valence-corrected chi connectivity index (χ3v) is 5.23. The van der Waals surface area contributed by atoms with Gasteiger partial charge < -0.3 is 30.6 Å². The summed E-state index contributed by atoms with van der Waals surface area (Å²) in [6.07, 6.45) is -0.406. The Morgan fingerprint density at radius 2 is 1.74 bits per heavy atom. The van der Waals surface area contributed by atoms with Crippen LogP contribution in [0, 0.1) is 11.3 Å². The molecule has 0 aliphatic carbocycles. The van der Waals surface area contributed by atoms with Gasteiger partial charge in [-0.2, -0.15) is 5.26 Å². The van der Waals surface area contributed by atoms with E-state index in [9.17, 15) is 19.6 Å². The van der Waals surface area contributed by atoms with Crippen LogP contribution in [-0.2, 0) is 23.8 Å². The van der Waals surface area contributed by atoms with Crippen LogP contribution in [0.25, 0.3) is 0 Å². The summed E-state index contributed by atoms with van der Waals surface area (Å²) in [5.41, 5.74) is 7.09. The van der Waals surface area contributed by atoms with Gasteiger partial charge in [-0.3, -0.25) is 4.79 Å². The third kappa shape index (κ3) is 5.90. The Hall–Kier alpha value is -4.49. The number of anilines is 2. The van der Waals surface area contributed by atoms with E-state index in [1.165, 1.54) is 7.11 Å². The normalized spacial score (nSPS) is 15.0. The highest BCUT2D eigenvalue weighted by atomic mass is 35.5. The molecule has 4 N–H and O–H groups in total. The number of carbonyl (C=O) groups is 3. The lowest BCUT2D eigenvalue weighted by molar-refractivity contribution is -0.140. The van der Waals surface area contributed by atoms with Crippen molar-refractivity contribution in [1.82, 2.24) is 0 Å². The second-order valence-electron chi connectivity index (χ2n) is 7.22. The van der Waals surface area contributed by atoms with Crippen LogP contribution >= 0.6 is 11.6 Å². The van der Waals surface area contributed by atoms with E-state index in [0.717, 1.165) is 7.11 Å².